The molecule has 0 aliphatic carbocycles. The third-order valence-corrected chi connectivity index (χ3v) is 8.05. The fourth-order valence-corrected chi connectivity index (χ4v) is 6.03. The first-order chi connectivity index (χ1) is 18.0. The Balaban J connectivity index is 1.36. The maximum absolute atomic E-state index is 13.8. The number of thiophene rings is 1. The minimum absolute atomic E-state index is 0.0387. The summed E-state index contributed by atoms with van der Waals surface area (Å²) in [6.07, 6.45) is 2.51. The normalized spacial score (nSPS) is 18.9. The van der Waals surface area contributed by atoms with Crippen LogP contribution in [0.25, 0.3) is 0 Å². The largest absolute Gasteiger partial charge is 0.491 e. The number of benzene rings is 2. The molecule has 1 saturated heterocycles. The molecular formula is C29H31FN2O4S. The monoisotopic (exact) mass is 522 g/mol. The highest BCUT2D eigenvalue weighted by Crippen LogP contribution is 2.34. The number of hydrogen-bond acceptors (Lipinski definition) is 5. The van der Waals surface area contributed by atoms with Crippen LogP contribution in [0.15, 0.2) is 60.0 Å². The van der Waals surface area contributed by atoms with Crippen LogP contribution in [0.3, 0.4) is 0 Å². The summed E-state index contributed by atoms with van der Waals surface area (Å²) in [4.78, 5) is 32.1. The van der Waals surface area contributed by atoms with Crippen molar-refractivity contribution in [3.8, 4) is 5.75 Å². The fourth-order valence-electron chi connectivity index (χ4n) is 5.10. The van der Waals surface area contributed by atoms with Gasteiger partial charge in [-0.25, -0.2) is 4.39 Å². The third-order valence-electron chi connectivity index (χ3n) is 7.06. The lowest BCUT2D eigenvalue weighted by atomic mass is 10.00. The minimum Gasteiger partial charge on any atom is -0.491 e. The van der Waals surface area contributed by atoms with Crippen molar-refractivity contribution in [2.24, 2.45) is 0 Å². The van der Waals surface area contributed by atoms with Crippen molar-refractivity contribution in [3.05, 3.63) is 87.4 Å². The quantitative estimate of drug-likeness (QED) is 0.417. The summed E-state index contributed by atoms with van der Waals surface area (Å²) < 4.78 is 25.5. The summed E-state index contributed by atoms with van der Waals surface area (Å²) >= 11 is 1.67. The van der Waals surface area contributed by atoms with Crippen LogP contribution in [0, 0.1) is 12.7 Å². The number of hydrogen-bond donors (Lipinski definition) is 0. The fraction of sp³-hybridized carbons (Fsp3) is 0.379. The van der Waals surface area contributed by atoms with Gasteiger partial charge >= 0.3 is 0 Å². The average Bonchev–Trinajstić information content (AvgIpc) is 3.59. The van der Waals surface area contributed by atoms with Gasteiger partial charge in [0.1, 0.15) is 24.7 Å². The van der Waals surface area contributed by atoms with Crippen LogP contribution in [0.2, 0.25) is 0 Å². The highest BCUT2D eigenvalue weighted by molar-refractivity contribution is 7.10. The molecule has 2 aliphatic heterocycles. The van der Waals surface area contributed by atoms with E-state index in [4.69, 9.17) is 9.47 Å². The van der Waals surface area contributed by atoms with Crippen LogP contribution in [0.1, 0.15) is 45.2 Å². The van der Waals surface area contributed by atoms with Crippen LogP contribution in [-0.2, 0) is 16.0 Å². The Morgan fingerprint density at radius 1 is 1.19 bits per heavy atom. The van der Waals surface area contributed by atoms with Crippen LogP contribution >= 0.6 is 11.3 Å². The molecule has 0 saturated carbocycles. The number of amides is 2. The molecule has 2 amide bonds. The Labute approximate surface area is 220 Å². The summed E-state index contributed by atoms with van der Waals surface area (Å²) in [5.74, 6) is -0.248. The van der Waals surface area contributed by atoms with Gasteiger partial charge in [0.15, 0.2) is 0 Å². The zero-order chi connectivity index (χ0) is 25.8. The van der Waals surface area contributed by atoms with E-state index in [1.807, 2.05) is 41.5 Å². The van der Waals surface area contributed by atoms with Gasteiger partial charge in [0.05, 0.1) is 12.1 Å². The molecule has 3 heterocycles. The van der Waals surface area contributed by atoms with E-state index >= 15 is 0 Å². The number of rotatable bonds is 8. The third kappa shape index (κ3) is 5.86. The summed E-state index contributed by atoms with van der Waals surface area (Å²) in [6, 6.07) is 15.2. The first-order valence-electron chi connectivity index (χ1n) is 12.7. The maximum Gasteiger partial charge on any atom is 0.254 e. The minimum atomic E-state index is -0.371. The molecule has 8 heteroatoms. The molecule has 1 aromatic heterocycles. The van der Waals surface area contributed by atoms with Crippen LogP contribution < -0.4 is 4.74 Å². The Hall–Kier alpha value is -3.23. The van der Waals surface area contributed by atoms with E-state index < -0.39 is 0 Å². The van der Waals surface area contributed by atoms with Gasteiger partial charge in [0, 0.05) is 36.2 Å². The molecule has 0 bridgehead atoms. The average molecular weight is 523 g/mol. The SMILES string of the molecule is Cc1ccccc1C(=O)N(CC(=O)N1CCc2sccc2[C@H]1COc1cccc(F)c1)C[C@@H]1CCCO1. The molecule has 37 heavy (non-hydrogen) atoms. The molecule has 6 nitrogen and oxygen atoms in total. The van der Waals surface area contributed by atoms with Crippen molar-refractivity contribution >= 4 is 23.2 Å². The van der Waals surface area contributed by atoms with Gasteiger partial charge < -0.3 is 19.3 Å². The Morgan fingerprint density at radius 3 is 2.84 bits per heavy atom. The standard InChI is InChI=1S/C29H31FN2O4S/c1-20-6-2-3-10-24(20)29(34)31(17-23-9-5-14-35-23)18-28(33)32-13-11-27-25(12-15-37-27)26(32)19-36-22-8-4-7-21(30)16-22/h2-4,6-8,10,12,15-16,23,26H,5,9,11,13-14,17-19H2,1H3/t23-,26+/m0/s1. The van der Waals surface area contributed by atoms with Crippen molar-refractivity contribution in [2.75, 3.05) is 32.8 Å². The Bertz CT molecular complexity index is 1260. The van der Waals surface area contributed by atoms with Gasteiger partial charge in [0.25, 0.3) is 5.91 Å². The van der Waals surface area contributed by atoms with Gasteiger partial charge in [-0.2, -0.15) is 0 Å². The second-order valence-corrected chi connectivity index (χ2v) is 10.6. The maximum atomic E-state index is 13.8. The van der Waals surface area contributed by atoms with E-state index in [2.05, 4.69) is 0 Å². The molecule has 1 fully saturated rings. The van der Waals surface area contributed by atoms with Gasteiger partial charge in [-0.05, 0) is 67.0 Å². The molecule has 2 aromatic carbocycles. The summed E-state index contributed by atoms with van der Waals surface area (Å²) in [7, 11) is 0. The van der Waals surface area contributed by atoms with E-state index in [1.165, 1.54) is 17.0 Å². The summed E-state index contributed by atoms with van der Waals surface area (Å²) in [6.45, 7) is 3.66. The van der Waals surface area contributed by atoms with Crippen molar-refractivity contribution in [2.45, 2.75) is 38.3 Å². The van der Waals surface area contributed by atoms with E-state index in [-0.39, 0.29) is 42.9 Å². The number of nitrogens with zero attached hydrogens (tertiary/aromatic N) is 2. The molecule has 2 atom stereocenters. The van der Waals surface area contributed by atoms with Gasteiger partial charge in [0.2, 0.25) is 5.91 Å². The van der Waals surface area contributed by atoms with Gasteiger partial charge in [-0.3, -0.25) is 9.59 Å². The highest BCUT2D eigenvalue weighted by atomic mass is 32.1. The summed E-state index contributed by atoms with van der Waals surface area (Å²) in [5, 5.41) is 2.03. The van der Waals surface area contributed by atoms with E-state index in [0.29, 0.717) is 31.0 Å². The van der Waals surface area contributed by atoms with Crippen molar-refractivity contribution in [1.29, 1.82) is 0 Å². The topological polar surface area (TPSA) is 59.1 Å². The molecule has 194 valence electrons. The molecule has 0 radical (unpaired) electrons. The van der Waals surface area contributed by atoms with Crippen molar-refractivity contribution in [1.82, 2.24) is 9.80 Å². The molecule has 0 N–H and O–H groups in total. The lowest BCUT2D eigenvalue weighted by Gasteiger charge is -2.37. The number of carbonyl (C=O) groups excluding carboxylic acids is 2. The molecule has 5 rings (SSSR count). The molecule has 3 aromatic rings. The lowest BCUT2D eigenvalue weighted by Crippen LogP contribution is -2.49. The molecular weight excluding hydrogens is 491 g/mol. The molecule has 0 spiro atoms. The predicted molar refractivity (Wildman–Crippen MR) is 140 cm³/mol. The van der Waals surface area contributed by atoms with Gasteiger partial charge in [-0.15, -0.1) is 11.3 Å². The first kappa shape index (κ1) is 25.4. The Kier molecular flexibility index (Phi) is 7.86. The van der Waals surface area contributed by atoms with Crippen LogP contribution in [-0.4, -0.2) is 60.6 Å². The van der Waals surface area contributed by atoms with Crippen LogP contribution in [0.5, 0.6) is 5.75 Å². The number of aryl methyl sites for hydroxylation is 1. The Morgan fingerprint density at radius 2 is 2.05 bits per heavy atom. The van der Waals surface area contributed by atoms with Gasteiger partial charge in [-0.1, -0.05) is 24.3 Å². The number of fused-ring (bicyclic) bond motifs is 1. The summed E-state index contributed by atoms with van der Waals surface area (Å²) in [5.41, 5.74) is 2.52. The predicted octanol–water partition coefficient (Wildman–Crippen LogP) is 5.02. The van der Waals surface area contributed by atoms with E-state index in [1.54, 1.807) is 34.4 Å². The highest BCUT2D eigenvalue weighted by Gasteiger charge is 2.34. The number of halogens is 1. The van der Waals surface area contributed by atoms with Crippen molar-refractivity contribution < 1.29 is 23.5 Å². The second-order valence-electron chi connectivity index (χ2n) is 9.56. The number of carbonyl (C=O) groups is 2. The van der Waals surface area contributed by atoms with Crippen LogP contribution in [0.4, 0.5) is 4.39 Å². The van der Waals surface area contributed by atoms with E-state index in [0.717, 1.165) is 30.4 Å². The van der Waals surface area contributed by atoms with Crippen molar-refractivity contribution in [3.63, 3.8) is 0 Å². The first-order valence-corrected chi connectivity index (χ1v) is 13.6. The number of ether oxygens (including phenoxy) is 2. The van der Waals surface area contributed by atoms with E-state index in [9.17, 15) is 14.0 Å². The zero-order valence-corrected chi connectivity index (χ0v) is 21.7. The lowest BCUT2D eigenvalue weighted by molar-refractivity contribution is -0.135. The smallest absolute Gasteiger partial charge is 0.254 e. The second kappa shape index (κ2) is 11.4. The molecule has 0 unspecified atom stereocenters. The zero-order valence-electron chi connectivity index (χ0n) is 20.9. The molecule has 2 aliphatic rings.